The number of fused-ring (bicyclic) bond motifs is 2. The molecule has 44 heavy (non-hydrogen) atoms. The number of rotatable bonds is 8. The topological polar surface area (TPSA) is 93.6 Å². The summed E-state index contributed by atoms with van der Waals surface area (Å²) in [4.78, 5) is 20.9. The Bertz CT molecular complexity index is 1740. The van der Waals surface area contributed by atoms with Crippen LogP contribution in [0.25, 0.3) is 22.2 Å². The van der Waals surface area contributed by atoms with Crippen molar-refractivity contribution in [2.75, 3.05) is 33.6 Å². The van der Waals surface area contributed by atoms with E-state index in [0.717, 1.165) is 18.2 Å². The van der Waals surface area contributed by atoms with Gasteiger partial charge in [0, 0.05) is 27.6 Å². The third-order valence-electron chi connectivity index (χ3n) is 7.56. The molecule has 2 aromatic heterocycles. The number of aromatic nitrogens is 2. The van der Waals surface area contributed by atoms with Crippen molar-refractivity contribution in [1.29, 1.82) is 0 Å². The van der Waals surface area contributed by atoms with Crippen LogP contribution in [0.15, 0.2) is 48.5 Å². The Kier molecular flexibility index (Phi) is 7.91. The first kappa shape index (κ1) is 31.0. The van der Waals surface area contributed by atoms with Gasteiger partial charge in [-0.2, -0.15) is 17.6 Å². The number of hydrogen-bond acceptors (Lipinski definition) is 6. The quantitative estimate of drug-likeness (QED) is 0.195. The summed E-state index contributed by atoms with van der Waals surface area (Å²) >= 11 is 0. The molecule has 0 unspecified atom stereocenters. The van der Waals surface area contributed by atoms with Gasteiger partial charge in [0.05, 0.1) is 24.8 Å². The molecular weight excluding hydrogens is 599 g/mol. The molecule has 7 nitrogen and oxygen atoms in total. The number of nitrogens with zero attached hydrogens (tertiary/aromatic N) is 2. The first-order valence-corrected chi connectivity index (χ1v) is 13.1. The van der Waals surface area contributed by atoms with E-state index in [4.69, 9.17) is 9.47 Å². The lowest BCUT2D eigenvalue weighted by atomic mass is 9.82. The number of carbonyl (C=O) groups excluding carboxylic acids is 1. The summed E-state index contributed by atoms with van der Waals surface area (Å²) in [6.45, 7) is -3.28. The fourth-order valence-corrected chi connectivity index (χ4v) is 4.90. The maximum Gasteiger partial charge on any atom is 0.424 e. The van der Waals surface area contributed by atoms with Crippen LogP contribution >= 0.6 is 0 Å². The van der Waals surface area contributed by atoms with Crippen LogP contribution < -0.4 is 14.8 Å². The monoisotopic (exact) mass is 623 g/mol. The molecule has 3 heterocycles. The molecule has 1 atom stereocenters. The molecule has 0 radical (unpaired) electrons. The van der Waals surface area contributed by atoms with Crippen LogP contribution in [-0.4, -0.2) is 60.8 Å². The number of pyridine rings is 2. The molecule has 1 amide bonds. The molecule has 1 aliphatic rings. The van der Waals surface area contributed by atoms with Gasteiger partial charge in [-0.15, -0.1) is 0 Å². The zero-order valence-corrected chi connectivity index (χ0v) is 23.2. The summed E-state index contributed by atoms with van der Waals surface area (Å²) in [6, 6.07) is 8.84. The molecule has 0 saturated carbocycles. The van der Waals surface area contributed by atoms with E-state index in [0.29, 0.717) is 6.07 Å². The van der Waals surface area contributed by atoms with Crippen molar-refractivity contribution in [2.24, 2.45) is 0 Å². The molecule has 0 spiro atoms. The first-order valence-electron chi connectivity index (χ1n) is 13.1. The SMILES string of the molecule is COc1cc(C(=O)NC[C@](O)(c2cc3c(c(-c4ccc(F)cc4)n2)OCC3(CF)CF)C(F)(F)F)cc2cc(C)c(F)nc12. The number of ether oxygens (including phenoxy) is 2. The Morgan fingerprint density at radius 3 is 2.36 bits per heavy atom. The molecule has 0 saturated heterocycles. The largest absolute Gasteiger partial charge is 0.494 e. The van der Waals surface area contributed by atoms with Crippen LogP contribution in [0.3, 0.4) is 0 Å². The minimum Gasteiger partial charge on any atom is -0.494 e. The number of aryl methyl sites for hydroxylation is 1. The van der Waals surface area contributed by atoms with Crippen LogP contribution in [0.1, 0.15) is 27.2 Å². The van der Waals surface area contributed by atoms with Crippen molar-refractivity contribution < 1.29 is 50.1 Å². The molecule has 2 N–H and O–H groups in total. The molecule has 5 rings (SSSR count). The third-order valence-corrected chi connectivity index (χ3v) is 7.56. The fraction of sp³-hybridized carbons (Fsp3) is 0.300. The molecule has 2 aromatic carbocycles. The van der Waals surface area contributed by atoms with Gasteiger partial charge in [0.25, 0.3) is 5.91 Å². The van der Waals surface area contributed by atoms with Crippen molar-refractivity contribution in [2.45, 2.75) is 24.1 Å². The maximum absolute atomic E-state index is 14.6. The van der Waals surface area contributed by atoms with E-state index in [-0.39, 0.29) is 50.3 Å². The normalized spacial score (nSPS) is 15.4. The van der Waals surface area contributed by atoms with Crippen LogP contribution in [0.4, 0.5) is 30.7 Å². The number of halogens is 7. The number of alkyl halides is 5. The van der Waals surface area contributed by atoms with E-state index < -0.39 is 67.1 Å². The third kappa shape index (κ3) is 5.16. The number of carbonyl (C=O) groups is 1. The van der Waals surface area contributed by atoms with Gasteiger partial charge in [-0.1, -0.05) is 0 Å². The number of nitrogens with one attached hydrogen (secondary N) is 1. The Labute approximate surface area is 245 Å². The molecule has 0 aliphatic carbocycles. The minimum atomic E-state index is -5.46. The lowest BCUT2D eigenvalue weighted by molar-refractivity contribution is -0.265. The molecule has 1 aliphatic heterocycles. The lowest BCUT2D eigenvalue weighted by Crippen LogP contribution is -2.51. The zero-order valence-electron chi connectivity index (χ0n) is 23.2. The van der Waals surface area contributed by atoms with Crippen molar-refractivity contribution in [3.05, 3.63) is 82.7 Å². The Morgan fingerprint density at radius 2 is 1.75 bits per heavy atom. The van der Waals surface area contributed by atoms with E-state index in [9.17, 15) is 40.6 Å². The average molecular weight is 624 g/mol. The number of benzene rings is 2. The second kappa shape index (κ2) is 11.2. The van der Waals surface area contributed by atoms with E-state index in [2.05, 4.69) is 9.97 Å². The molecule has 14 heteroatoms. The summed E-state index contributed by atoms with van der Waals surface area (Å²) in [5.74, 6) is -2.76. The maximum atomic E-state index is 14.6. The molecule has 0 bridgehead atoms. The number of methoxy groups -OCH3 is 1. The standard InChI is InChI=1S/C30H24F7N3O4/c1-15-7-17-8-18(9-21(43-2)23(17)40-26(15)34)27(41)38-13-29(42,30(35,36)37)22-10-20-25(44-14-28(20,11-31)12-32)24(39-22)16-3-5-19(33)6-4-16/h3-10,42H,11-14H2,1-2H3,(H,38,41)/t29-/m0/s1. The van der Waals surface area contributed by atoms with Crippen molar-refractivity contribution in [3.63, 3.8) is 0 Å². The van der Waals surface area contributed by atoms with Crippen molar-refractivity contribution in [3.8, 4) is 22.8 Å². The number of hydrogen-bond donors (Lipinski definition) is 2. The summed E-state index contributed by atoms with van der Waals surface area (Å²) in [7, 11) is 1.23. The highest BCUT2D eigenvalue weighted by molar-refractivity contribution is 6.00. The average Bonchev–Trinajstić information content (AvgIpc) is 3.38. The van der Waals surface area contributed by atoms with Gasteiger partial charge in [0.15, 0.2) is 0 Å². The van der Waals surface area contributed by atoms with Gasteiger partial charge in [-0.3, -0.25) is 4.79 Å². The highest BCUT2D eigenvalue weighted by Gasteiger charge is 2.57. The predicted octanol–water partition coefficient (Wildman–Crippen LogP) is 5.64. The smallest absolute Gasteiger partial charge is 0.424 e. The summed E-state index contributed by atoms with van der Waals surface area (Å²) < 4.78 is 111. The van der Waals surface area contributed by atoms with Gasteiger partial charge in [0.1, 0.15) is 48.5 Å². The lowest BCUT2D eigenvalue weighted by Gasteiger charge is -2.31. The molecular formula is C30H24F7N3O4. The molecule has 232 valence electrons. The van der Waals surface area contributed by atoms with Gasteiger partial charge >= 0.3 is 6.18 Å². The van der Waals surface area contributed by atoms with E-state index in [1.807, 2.05) is 5.32 Å². The first-order chi connectivity index (χ1) is 20.8. The predicted molar refractivity (Wildman–Crippen MR) is 144 cm³/mol. The van der Waals surface area contributed by atoms with Crippen LogP contribution in [0.5, 0.6) is 11.5 Å². The van der Waals surface area contributed by atoms with Crippen molar-refractivity contribution >= 4 is 16.8 Å². The van der Waals surface area contributed by atoms with Gasteiger partial charge in [-0.05, 0) is 55.5 Å². The highest BCUT2D eigenvalue weighted by atomic mass is 19.4. The van der Waals surface area contributed by atoms with E-state index in [1.165, 1.54) is 38.3 Å². The van der Waals surface area contributed by atoms with E-state index >= 15 is 0 Å². The number of amides is 1. The number of aliphatic hydroxyl groups is 1. The van der Waals surface area contributed by atoms with Crippen molar-refractivity contribution in [1.82, 2.24) is 15.3 Å². The van der Waals surface area contributed by atoms with Gasteiger partial charge in [0.2, 0.25) is 11.5 Å². The summed E-state index contributed by atoms with van der Waals surface area (Å²) in [6.07, 6.45) is -5.46. The van der Waals surface area contributed by atoms with Crippen LogP contribution in [0.2, 0.25) is 0 Å². The minimum absolute atomic E-state index is 0.0318. The van der Waals surface area contributed by atoms with Gasteiger partial charge in [-0.25, -0.2) is 23.1 Å². The Balaban J connectivity index is 1.58. The Morgan fingerprint density at radius 1 is 1.07 bits per heavy atom. The highest BCUT2D eigenvalue weighted by Crippen LogP contribution is 2.48. The molecule has 4 aromatic rings. The fourth-order valence-electron chi connectivity index (χ4n) is 4.90. The molecule has 0 fully saturated rings. The second-order valence-corrected chi connectivity index (χ2v) is 10.5. The van der Waals surface area contributed by atoms with E-state index in [1.54, 1.807) is 0 Å². The van der Waals surface area contributed by atoms with Crippen LogP contribution in [-0.2, 0) is 11.0 Å². The summed E-state index contributed by atoms with van der Waals surface area (Å²) in [5.41, 5.74) is -7.48. The second-order valence-electron chi connectivity index (χ2n) is 10.5. The summed E-state index contributed by atoms with van der Waals surface area (Å²) in [5, 5.41) is 13.5. The zero-order chi connectivity index (χ0) is 32.0. The van der Waals surface area contributed by atoms with Crippen LogP contribution in [0, 0.1) is 18.7 Å². The van der Waals surface area contributed by atoms with Gasteiger partial charge < -0.3 is 19.9 Å². The Hall–Kier alpha value is -4.46.